The number of carbonyl (C=O) groups is 1. The van der Waals surface area contributed by atoms with Gasteiger partial charge in [0.1, 0.15) is 17.1 Å². The number of allylic oxidation sites excluding steroid dienone is 1. The molecular weight excluding hydrogens is 428 g/mol. The maximum Gasteiger partial charge on any atom is 0.253 e. The zero-order chi connectivity index (χ0) is 22.2. The van der Waals surface area contributed by atoms with E-state index < -0.39 is 0 Å². The number of carbonyl (C=O) groups excluding carboxylic acids is 1. The third-order valence-corrected chi connectivity index (χ3v) is 6.88. The van der Waals surface area contributed by atoms with E-state index in [1.165, 1.54) is 11.3 Å². The van der Waals surface area contributed by atoms with Crippen LogP contribution in [-0.4, -0.2) is 45.4 Å². The number of amides is 1. The molecular formula is C24H24N2O5S. The number of ether oxygens (including phenoxy) is 2. The van der Waals surface area contributed by atoms with Crippen molar-refractivity contribution in [3.05, 3.63) is 51.5 Å². The Morgan fingerprint density at radius 2 is 1.94 bits per heavy atom. The summed E-state index contributed by atoms with van der Waals surface area (Å²) in [5.41, 5.74) is 3.64. The van der Waals surface area contributed by atoms with Crippen molar-refractivity contribution >= 4 is 39.1 Å². The minimum atomic E-state index is -0.0502. The molecule has 0 aliphatic carbocycles. The maximum atomic E-state index is 12.9. The average molecular weight is 453 g/mol. The highest BCUT2D eigenvalue weighted by Crippen LogP contribution is 2.40. The molecule has 1 aromatic carbocycles. The van der Waals surface area contributed by atoms with Gasteiger partial charge in [-0.05, 0) is 31.5 Å². The van der Waals surface area contributed by atoms with Crippen LogP contribution in [0.15, 0.2) is 50.5 Å². The summed E-state index contributed by atoms with van der Waals surface area (Å²) in [7, 11) is 0. The quantitative estimate of drug-likeness (QED) is 0.559. The van der Waals surface area contributed by atoms with Gasteiger partial charge in [0.25, 0.3) is 5.91 Å². The molecule has 0 saturated carbocycles. The van der Waals surface area contributed by atoms with Gasteiger partial charge in [-0.15, -0.1) is 11.3 Å². The van der Waals surface area contributed by atoms with Crippen LogP contribution in [0.25, 0.3) is 21.4 Å². The fourth-order valence-electron chi connectivity index (χ4n) is 4.00. The van der Waals surface area contributed by atoms with Crippen LogP contribution in [0.1, 0.15) is 13.8 Å². The fraction of sp³-hybridized carbons (Fsp3) is 0.333. The zero-order valence-electron chi connectivity index (χ0n) is 18.1. The van der Waals surface area contributed by atoms with Crippen LogP contribution in [0, 0.1) is 0 Å². The third-order valence-electron chi connectivity index (χ3n) is 5.90. The summed E-state index contributed by atoms with van der Waals surface area (Å²) in [6.45, 7) is 7.20. The lowest BCUT2D eigenvalue weighted by Crippen LogP contribution is -2.38. The van der Waals surface area contributed by atoms with Gasteiger partial charge in [-0.25, -0.2) is 0 Å². The Balaban J connectivity index is 1.59. The first kappa shape index (κ1) is 20.8. The Kier molecular flexibility index (Phi) is 5.48. The van der Waals surface area contributed by atoms with Gasteiger partial charge >= 0.3 is 0 Å². The van der Waals surface area contributed by atoms with E-state index in [4.69, 9.17) is 13.9 Å². The van der Waals surface area contributed by atoms with Gasteiger partial charge in [0.2, 0.25) is 5.43 Å². The molecule has 5 rings (SSSR count). The first-order valence-corrected chi connectivity index (χ1v) is 11.5. The van der Waals surface area contributed by atoms with E-state index in [1.54, 1.807) is 11.0 Å². The molecule has 0 radical (unpaired) electrons. The molecule has 8 heteroatoms. The maximum absolute atomic E-state index is 12.9. The van der Waals surface area contributed by atoms with E-state index in [2.05, 4.69) is 0 Å². The summed E-state index contributed by atoms with van der Waals surface area (Å²) in [6.07, 6.45) is 1.82. The first-order chi connectivity index (χ1) is 15.6. The number of nitrogens with zero attached hydrogens (tertiary/aromatic N) is 2. The molecule has 4 heterocycles. The highest BCUT2D eigenvalue weighted by atomic mass is 32.1. The van der Waals surface area contributed by atoms with Gasteiger partial charge in [0.15, 0.2) is 11.5 Å². The highest BCUT2D eigenvalue weighted by molar-refractivity contribution is 7.17. The Hall–Kier alpha value is -3.10. The third kappa shape index (κ3) is 3.59. The molecule has 32 heavy (non-hydrogen) atoms. The van der Waals surface area contributed by atoms with Gasteiger partial charge in [-0.2, -0.15) is 0 Å². The molecule has 1 fully saturated rings. The van der Waals surface area contributed by atoms with E-state index in [0.717, 1.165) is 16.8 Å². The van der Waals surface area contributed by atoms with Crippen LogP contribution in [0.5, 0.6) is 5.75 Å². The fourth-order valence-corrected chi connectivity index (χ4v) is 4.91. The number of thiophene rings is 1. The standard InChI is InChI=1S/C24H24N2O5S/c1-3-15(2)24(28)26-8-11-30-20-5-4-16(12-18(20)26)17-14-32-23-19(27)13-21(31-22(17)23)25-6-9-29-10-7-25/h3-5,12-14H,6-11H2,1-2H3/b15-3+. The average Bonchev–Trinajstić information content (AvgIpc) is 3.27. The SMILES string of the molecule is C/C=C(\C)C(=O)N1CCOc2ccc(-c3csc4c(=O)cc(N5CCOCC5)oc34)cc21. The number of rotatable bonds is 3. The molecule has 3 aromatic rings. The van der Waals surface area contributed by atoms with E-state index in [9.17, 15) is 9.59 Å². The molecule has 166 valence electrons. The number of morpholine rings is 1. The molecule has 0 spiro atoms. The van der Waals surface area contributed by atoms with Crippen LogP contribution in [0.4, 0.5) is 11.6 Å². The second kappa shape index (κ2) is 8.44. The predicted molar refractivity (Wildman–Crippen MR) is 126 cm³/mol. The first-order valence-electron chi connectivity index (χ1n) is 10.7. The van der Waals surface area contributed by atoms with Gasteiger partial charge in [-0.3, -0.25) is 9.59 Å². The van der Waals surface area contributed by atoms with E-state index in [-0.39, 0.29) is 11.3 Å². The van der Waals surface area contributed by atoms with Crippen LogP contribution in [-0.2, 0) is 9.53 Å². The van der Waals surface area contributed by atoms with E-state index >= 15 is 0 Å². The summed E-state index contributed by atoms with van der Waals surface area (Å²) < 4.78 is 18.0. The van der Waals surface area contributed by atoms with Crippen LogP contribution >= 0.6 is 11.3 Å². The molecule has 2 aromatic heterocycles. The Morgan fingerprint density at radius 1 is 1.12 bits per heavy atom. The molecule has 0 unspecified atom stereocenters. The summed E-state index contributed by atoms with van der Waals surface area (Å²) in [4.78, 5) is 29.5. The lowest BCUT2D eigenvalue weighted by Gasteiger charge is -2.30. The number of benzene rings is 1. The normalized spacial score (nSPS) is 16.8. The smallest absolute Gasteiger partial charge is 0.253 e. The van der Waals surface area contributed by atoms with Crippen LogP contribution < -0.4 is 20.0 Å². The molecule has 0 atom stereocenters. The molecule has 0 N–H and O–H groups in total. The van der Waals surface area contributed by atoms with Crippen molar-refractivity contribution in [2.45, 2.75) is 13.8 Å². The van der Waals surface area contributed by atoms with Crippen molar-refractivity contribution < 1.29 is 18.7 Å². The second-order valence-corrected chi connectivity index (χ2v) is 8.70. The summed E-state index contributed by atoms with van der Waals surface area (Å²) in [6, 6.07) is 7.33. The van der Waals surface area contributed by atoms with Gasteiger partial charge < -0.3 is 23.7 Å². The molecule has 2 aliphatic heterocycles. The van der Waals surface area contributed by atoms with E-state index in [0.29, 0.717) is 66.9 Å². The minimum Gasteiger partial charge on any atom is -0.490 e. The van der Waals surface area contributed by atoms with E-state index in [1.807, 2.05) is 48.4 Å². The monoisotopic (exact) mass is 452 g/mol. The topological polar surface area (TPSA) is 72.2 Å². The zero-order valence-corrected chi connectivity index (χ0v) is 18.9. The summed E-state index contributed by atoms with van der Waals surface area (Å²) >= 11 is 1.37. The number of hydrogen-bond acceptors (Lipinski definition) is 7. The Bertz CT molecular complexity index is 1270. The molecule has 1 amide bonds. The van der Waals surface area contributed by atoms with Crippen LogP contribution in [0.3, 0.4) is 0 Å². The largest absolute Gasteiger partial charge is 0.490 e. The Morgan fingerprint density at radius 3 is 2.72 bits per heavy atom. The Labute approximate surface area is 189 Å². The number of anilines is 2. The van der Waals surface area contributed by atoms with Crippen molar-refractivity contribution in [3.63, 3.8) is 0 Å². The summed E-state index contributed by atoms with van der Waals surface area (Å²) in [5.74, 6) is 1.20. The predicted octanol–water partition coefficient (Wildman–Crippen LogP) is 4.05. The van der Waals surface area contributed by atoms with Gasteiger partial charge in [-0.1, -0.05) is 12.1 Å². The van der Waals surface area contributed by atoms with Crippen LogP contribution in [0.2, 0.25) is 0 Å². The van der Waals surface area contributed by atoms with Gasteiger partial charge in [0.05, 0.1) is 25.4 Å². The van der Waals surface area contributed by atoms with Crippen molar-refractivity contribution in [2.75, 3.05) is 49.3 Å². The lowest BCUT2D eigenvalue weighted by atomic mass is 10.1. The molecule has 0 bridgehead atoms. The van der Waals surface area contributed by atoms with Crippen molar-refractivity contribution in [3.8, 4) is 16.9 Å². The van der Waals surface area contributed by atoms with Crippen molar-refractivity contribution in [2.24, 2.45) is 0 Å². The molecule has 1 saturated heterocycles. The van der Waals surface area contributed by atoms with Crippen molar-refractivity contribution in [1.29, 1.82) is 0 Å². The minimum absolute atomic E-state index is 0.0366. The molecule has 2 aliphatic rings. The lowest BCUT2D eigenvalue weighted by molar-refractivity contribution is -0.115. The highest BCUT2D eigenvalue weighted by Gasteiger charge is 2.26. The second-order valence-electron chi connectivity index (χ2n) is 7.82. The summed E-state index contributed by atoms with van der Waals surface area (Å²) in [5, 5.41) is 1.94. The van der Waals surface area contributed by atoms with Crippen molar-refractivity contribution in [1.82, 2.24) is 0 Å². The van der Waals surface area contributed by atoms with Gasteiger partial charge in [0, 0.05) is 35.7 Å². The molecule has 7 nitrogen and oxygen atoms in total. The number of fused-ring (bicyclic) bond motifs is 2. The number of hydrogen-bond donors (Lipinski definition) is 0.